The summed E-state index contributed by atoms with van der Waals surface area (Å²) in [5, 5.41) is 0.496. The first-order chi connectivity index (χ1) is 12.6. The lowest BCUT2D eigenvalue weighted by molar-refractivity contribution is -0.136. The van der Waals surface area contributed by atoms with Crippen molar-refractivity contribution in [2.45, 2.75) is 43.4 Å². The second kappa shape index (κ2) is 9.14. The van der Waals surface area contributed by atoms with E-state index >= 15 is 0 Å². The first kappa shape index (κ1) is 19.6. The highest BCUT2D eigenvalue weighted by Crippen LogP contribution is 2.27. The Balaban J connectivity index is 1.59. The average Bonchev–Trinajstić information content (AvgIpc) is 2.97. The summed E-state index contributed by atoms with van der Waals surface area (Å²) in [6, 6.07) is 5.58. The van der Waals surface area contributed by atoms with Gasteiger partial charge < -0.3 is 9.80 Å². The van der Waals surface area contributed by atoms with E-state index in [1.165, 1.54) is 12.8 Å². The average molecular weight is 395 g/mol. The molecule has 0 N–H and O–H groups in total. The van der Waals surface area contributed by atoms with Gasteiger partial charge >= 0.3 is 0 Å². The van der Waals surface area contributed by atoms with Crippen LogP contribution in [0.5, 0.6) is 0 Å². The number of piperidine rings is 1. The Kier molecular flexibility index (Phi) is 6.87. The van der Waals surface area contributed by atoms with Gasteiger partial charge in [-0.25, -0.2) is 0 Å². The molecule has 0 bridgehead atoms. The molecule has 1 aromatic carbocycles. The minimum atomic E-state index is -0.0217. The van der Waals surface area contributed by atoms with Crippen molar-refractivity contribution in [2.75, 3.05) is 32.4 Å². The van der Waals surface area contributed by atoms with Gasteiger partial charge in [-0.1, -0.05) is 24.4 Å². The summed E-state index contributed by atoms with van der Waals surface area (Å²) in [7, 11) is 0. The van der Waals surface area contributed by atoms with Gasteiger partial charge in [0.15, 0.2) is 0 Å². The number of thioether (sulfide) groups is 1. The van der Waals surface area contributed by atoms with Crippen LogP contribution in [0.1, 0.15) is 48.9 Å². The predicted octanol–water partition coefficient (Wildman–Crippen LogP) is 4.32. The number of nitrogens with zero attached hydrogens (tertiary/aromatic N) is 2. The molecule has 142 valence electrons. The quantitative estimate of drug-likeness (QED) is 0.717. The van der Waals surface area contributed by atoms with Gasteiger partial charge in [0.05, 0.1) is 10.6 Å². The molecule has 4 nitrogen and oxygen atoms in total. The Bertz CT molecular complexity index is 651. The van der Waals surface area contributed by atoms with Gasteiger partial charge in [-0.3, -0.25) is 9.59 Å². The van der Waals surface area contributed by atoms with Crippen molar-refractivity contribution < 1.29 is 9.59 Å². The van der Waals surface area contributed by atoms with Gasteiger partial charge in [-0.15, -0.1) is 11.8 Å². The number of carbonyl (C=O) groups excluding carboxylic acids is 2. The molecule has 2 saturated heterocycles. The lowest BCUT2D eigenvalue weighted by Gasteiger charge is -2.34. The molecule has 26 heavy (non-hydrogen) atoms. The first-order valence-electron chi connectivity index (χ1n) is 9.51. The number of carbonyl (C=O) groups is 2. The number of hydrogen-bond acceptors (Lipinski definition) is 3. The van der Waals surface area contributed by atoms with Crippen LogP contribution in [0, 0.1) is 5.92 Å². The summed E-state index contributed by atoms with van der Waals surface area (Å²) in [6.07, 6.45) is 8.18. The topological polar surface area (TPSA) is 40.6 Å². The number of benzene rings is 1. The molecule has 0 spiro atoms. The number of halogens is 1. The van der Waals surface area contributed by atoms with Crippen molar-refractivity contribution in [3.63, 3.8) is 0 Å². The van der Waals surface area contributed by atoms with E-state index < -0.39 is 0 Å². The van der Waals surface area contributed by atoms with Crippen molar-refractivity contribution in [3.05, 3.63) is 28.8 Å². The zero-order valence-corrected chi connectivity index (χ0v) is 17.0. The van der Waals surface area contributed by atoms with Crippen LogP contribution in [0.25, 0.3) is 0 Å². The van der Waals surface area contributed by atoms with Gasteiger partial charge in [-0.05, 0) is 50.1 Å². The molecule has 2 amide bonds. The highest BCUT2D eigenvalue weighted by atomic mass is 35.5. The molecule has 0 radical (unpaired) electrons. The van der Waals surface area contributed by atoms with E-state index in [4.69, 9.17) is 11.6 Å². The number of amides is 2. The third-order valence-electron chi connectivity index (χ3n) is 5.45. The Hall–Kier alpha value is -1.20. The maximum absolute atomic E-state index is 12.8. The third kappa shape index (κ3) is 4.55. The Morgan fingerprint density at radius 3 is 2.27 bits per heavy atom. The van der Waals surface area contributed by atoms with E-state index in [-0.39, 0.29) is 11.8 Å². The van der Waals surface area contributed by atoms with Crippen molar-refractivity contribution >= 4 is 35.2 Å². The van der Waals surface area contributed by atoms with Crippen LogP contribution in [-0.4, -0.2) is 54.0 Å². The lowest BCUT2D eigenvalue weighted by atomic mass is 9.94. The van der Waals surface area contributed by atoms with E-state index in [2.05, 4.69) is 0 Å². The Morgan fingerprint density at radius 2 is 1.65 bits per heavy atom. The Morgan fingerprint density at radius 1 is 1.00 bits per heavy atom. The van der Waals surface area contributed by atoms with E-state index in [0.29, 0.717) is 29.6 Å². The SMILES string of the molecule is CSc1ccc(Cl)c(C(=O)N2CCC(C(=O)N3CCCCCC3)CC2)c1. The van der Waals surface area contributed by atoms with Crippen LogP contribution in [0.3, 0.4) is 0 Å². The Labute approximate surface area is 165 Å². The highest BCUT2D eigenvalue weighted by molar-refractivity contribution is 7.98. The van der Waals surface area contributed by atoms with E-state index in [0.717, 1.165) is 43.7 Å². The van der Waals surface area contributed by atoms with Gasteiger partial charge in [0.25, 0.3) is 5.91 Å². The van der Waals surface area contributed by atoms with Crippen molar-refractivity contribution in [3.8, 4) is 0 Å². The molecule has 3 rings (SSSR count). The molecule has 2 fully saturated rings. The zero-order chi connectivity index (χ0) is 18.5. The molecule has 0 atom stereocenters. The number of likely N-dealkylation sites (tertiary alicyclic amines) is 2. The summed E-state index contributed by atoms with van der Waals surface area (Å²) in [5.74, 6) is 0.332. The fourth-order valence-corrected chi connectivity index (χ4v) is 4.48. The minimum absolute atomic E-state index is 0.0217. The summed E-state index contributed by atoms with van der Waals surface area (Å²) >= 11 is 7.84. The molecule has 0 aliphatic carbocycles. The van der Waals surface area contributed by atoms with Crippen LogP contribution in [0.15, 0.2) is 23.1 Å². The normalized spacial score (nSPS) is 19.3. The largest absolute Gasteiger partial charge is 0.342 e. The third-order valence-corrected chi connectivity index (χ3v) is 6.51. The smallest absolute Gasteiger partial charge is 0.255 e. The standard InChI is InChI=1S/C20H27ClN2O2S/c1-26-16-6-7-18(21)17(14-16)20(25)23-12-8-15(9-13-23)19(24)22-10-4-2-3-5-11-22/h6-7,14-15H,2-5,8-13H2,1H3. The van der Waals surface area contributed by atoms with Crippen molar-refractivity contribution in [1.82, 2.24) is 9.80 Å². The maximum Gasteiger partial charge on any atom is 0.255 e. The van der Waals surface area contributed by atoms with E-state index in [1.54, 1.807) is 17.8 Å². The van der Waals surface area contributed by atoms with E-state index in [9.17, 15) is 9.59 Å². The van der Waals surface area contributed by atoms with Gasteiger partial charge in [0.1, 0.15) is 0 Å². The number of hydrogen-bond donors (Lipinski definition) is 0. The molecule has 2 aliphatic heterocycles. The fourth-order valence-electron chi connectivity index (χ4n) is 3.84. The molecule has 0 unspecified atom stereocenters. The van der Waals surface area contributed by atoms with Crippen LogP contribution < -0.4 is 0 Å². The van der Waals surface area contributed by atoms with Crippen molar-refractivity contribution in [1.29, 1.82) is 0 Å². The predicted molar refractivity (Wildman–Crippen MR) is 107 cm³/mol. The van der Waals surface area contributed by atoms with Gasteiger partial charge in [0, 0.05) is 37.0 Å². The molecule has 1 aromatic rings. The zero-order valence-electron chi connectivity index (χ0n) is 15.4. The van der Waals surface area contributed by atoms with Crippen molar-refractivity contribution in [2.24, 2.45) is 5.92 Å². The molecule has 6 heteroatoms. The first-order valence-corrected chi connectivity index (χ1v) is 11.1. The van der Waals surface area contributed by atoms with Crippen LogP contribution in [-0.2, 0) is 4.79 Å². The fraction of sp³-hybridized carbons (Fsp3) is 0.600. The molecule has 0 aromatic heterocycles. The summed E-state index contributed by atoms with van der Waals surface area (Å²) in [4.78, 5) is 30.6. The summed E-state index contributed by atoms with van der Waals surface area (Å²) < 4.78 is 0. The number of rotatable bonds is 3. The van der Waals surface area contributed by atoms with Crippen LogP contribution >= 0.6 is 23.4 Å². The van der Waals surface area contributed by atoms with E-state index in [1.807, 2.05) is 28.2 Å². The van der Waals surface area contributed by atoms with Crippen LogP contribution in [0.4, 0.5) is 0 Å². The molecular weight excluding hydrogens is 368 g/mol. The molecule has 2 heterocycles. The second-order valence-corrected chi connectivity index (χ2v) is 8.44. The molecule has 0 saturated carbocycles. The lowest BCUT2D eigenvalue weighted by Crippen LogP contribution is -2.44. The van der Waals surface area contributed by atoms with Gasteiger partial charge in [-0.2, -0.15) is 0 Å². The maximum atomic E-state index is 12.8. The highest BCUT2D eigenvalue weighted by Gasteiger charge is 2.31. The second-order valence-electron chi connectivity index (χ2n) is 7.15. The summed E-state index contributed by atoms with van der Waals surface area (Å²) in [5.41, 5.74) is 0.566. The van der Waals surface area contributed by atoms with Gasteiger partial charge in [0.2, 0.25) is 5.91 Å². The minimum Gasteiger partial charge on any atom is -0.342 e. The summed E-state index contributed by atoms with van der Waals surface area (Å²) in [6.45, 7) is 3.05. The molecular formula is C20H27ClN2O2S. The van der Waals surface area contributed by atoms with Crippen LogP contribution in [0.2, 0.25) is 5.02 Å². The molecule has 2 aliphatic rings. The monoisotopic (exact) mass is 394 g/mol.